The number of methoxy groups -OCH3 is 1. The van der Waals surface area contributed by atoms with E-state index in [1.165, 1.54) is 5.56 Å². The number of rotatable bonds is 6. The number of carbonyl (C=O) groups excluding carboxylic acids is 1. The van der Waals surface area contributed by atoms with Crippen molar-refractivity contribution in [3.63, 3.8) is 0 Å². The number of hydrogen-bond acceptors (Lipinski definition) is 3. The van der Waals surface area contributed by atoms with Gasteiger partial charge in [0, 0.05) is 12.7 Å². The molecule has 116 valence electrons. The highest BCUT2D eigenvalue weighted by Gasteiger charge is 2.09. The number of ether oxygens (including phenoxy) is 1. The fraction of sp³-hybridized carbons (Fsp3) is 0.333. The van der Waals surface area contributed by atoms with Gasteiger partial charge in [-0.3, -0.25) is 9.78 Å². The van der Waals surface area contributed by atoms with Gasteiger partial charge in [0.1, 0.15) is 11.4 Å². The minimum Gasteiger partial charge on any atom is -0.496 e. The first-order chi connectivity index (χ1) is 10.6. The summed E-state index contributed by atoms with van der Waals surface area (Å²) in [6.07, 6.45) is 2.34. The van der Waals surface area contributed by atoms with Crippen LogP contribution in [-0.4, -0.2) is 24.5 Å². The van der Waals surface area contributed by atoms with Gasteiger partial charge in [0.25, 0.3) is 5.91 Å². The highest BCUT2D eigenvalue weighted by molar-refractivity contribution is 5.92. The summed E-state index contributed by atoms with van der Waals surface area (Å²) >= 11 is 0. The van der Waals surface area contributed by atoms with E-state index in [1.54, 1.807) is 31.5 Å². The number of amides is 1. The van der Waals surface area contributed by atoms with E-state index in [0.29, 0.717) is 18.2 Å². The van der Waals surface area contributed by atoms with Crippen LogP contribution < -0.4 is 10.1 Å². The second-order valence-electron chi connectivity index (χ2n) is 5.45. The van der Waals surface area contributed by atoms with Crippen LogP contribution >= 0.6 is 0 Å². The summed E-state index contributed by atoms with van der Waals surface area (Å²) in [7, 11) is 1.67. The topological polar surface area (TPSA) is 51.2 Å². The lowest BCUT2D eigenvalue weighted by atomic mass is 9.99. The summed E-state index contributed by atoms with van der Waals surface area (Å²) in [6.45, 7) is 4.87. The van der Waals surface area contributed by atoms with Crippen molar-refractivity contribution in [1.82, 2.24) is 10.3 Å². The summed E-state index contributed by atoms with van der Waals surface area (Å²) in [5, 5.41) is 2.89. The second-order valence-corrected chi connectivity index (χ2v) is 5.45. The van der Waals surface area contributed by atoms with Crippen LogP contribution in [0.4, 0.5) is 0 Å². The van der Waals surface area contributed by atoms with Gasteiger partial charge in [0.2, 0.25) is 0 Å². The molecule has 0 spiro atoms. The number of hydrogen-bond donors (Lipinski definition) is 1. The third-order valence-corrected chi connectivity index (χ3v) is 3.55. The number of aromatic nitrogens is 1. The first-order valence-electron chi connectivity index (χ1n) is 7.48. The molecule has 2 rings (SSSR count). The molecule has 0 radical (unpaired) electrons. The van der Waals surface area contributed by atoms with Crippen LogP contribution in [0.5, 0.6) is 5.75 Å². The molecule has 22 heavy (non-hydrogen) atoms. The maximum atomic E-state index is 12.0. The molecule has 2 aromatic rings. The Bertz CT molecular complexity index is 624. The lowest BCUT2D eigenvalue weighted by Crippen LogP contribution is -2.26. The molecular weight excluding hydrogens is 276 g/mol. The summed E-state index contributed by atoms with van der Waals surface area (Å²) in [4.78, 5) is 16.0. The summed E-state index contributed by atoms with van der Waals surface area (Å²) in [5.41, 5.74) is 2.81. The smallest absolute Gasteiger partial charge is 0.269 e. The van der Waals surface area contributed by atoms with Gasteiger partial charge >= 0.3 is 0 Å². The average molecular weight is 298 g/mol. The molecule has 0 saturated heterocycles. The van der Waals surface area contributed by atoms with E-state index in [0.717, 1.165) is 17.7 Å². The number of nitrogens with zero attached hydrogens (tertiary/aromatic N) is 1. The highest BCUT2D eigenvalue weighted by Crippen LogP contribution is 2.24. The van der Waals surface area contributed by atoms with Crippen LogP contribution in [0.2, 0.25) is 0 Å². The molecule has 1 heterocycles. The zero-order chi connectivity index (χ0) is 15.9. The van der Waals surface area contributed by atoms with E-state index in [4.69, 9.17) is 4.74 Å². The quantitative estimate of drug-likeness (QED) is 0.891. The Morgan fingerprint density at radius 1 is 1.27 bits per heavy atom. The normalized spacial score (nSPS) is 10.5. The summed E-state index contributed by atoms with van der Waals surface area (Å²) < 4.78 is 5.40. The predicted octanol–water partition coefficient (Wildman–Crippen LogP) is 3.19. The van der Waals surface area contributed by atoms with Crippen LogP contribution in [-0.2, 0) is 6.42 Å². The average Bonchev–Trinajstić information content (AvgIpc) is 2.55. The number of carbonyl (C=O) groups is 1. The first-order valence-corrected chi connectivity index (χ1v) is 7.48. The van der Waals surface area contributed by atoms with Gasteiger partial charge in [0.15, 0.2) is 0 Å². The maximum absolute atomic E-state index is 12.0. The fourth-order valence-corrected chi connectivity index (χ4v) is 2.25. The van der Waals surface area contributed by atoms with Crippen LogP contribution in [0.25, 0.3) is 0 Å². The Kier molecular flexibility index (Phi) is 5.53. The molecule has 0 aliphatic rings. The van der Waals surface area contributed by atoms with Crippen LogP contribution in [0, 0.1) is 0 Å². The van der Waals surface area contributed by atoms with Gasteiger partial charge in [-0.1, -0.05) is 32.0 Å². The van der Waals surface area contributed by atoms with Crippen molar-refractivity contribution in [2.45, 2.75) is 26.2 Å². The number of pyridine rings is 1. The maximum Gasteiger partial charge on any atom is 0.269 e. The second kappa shape index (κ2) is 7.59. The molecule has 1 N–H and O–H groups in total. The third-order valence-electron chi connectivity index (χ3n) is 3.55. The van der Waals surface area contributed by atoms with Crippen molar-refractivity contribution in [3.8, 4) is 5.75 Å². The Balaban J connectivity index is 1.99. The lowest BCUT2D eigenvalue weighted by molar-refractivity contribution is 0.0949. The number of benzene rings is 1. The lowest BCUT2D eigenvalue weighted by Gasteiger charge is -2.13. The molecule has 0 atom stereocenters. The van der Waals surface area contributed by atoms with Gasteiger partial charge in [-0.05, 0) is 41.7 Å². The van der Waals surface area contributed by atoms with E-state index < -0.39 is 0 Å². The zero-order valence-electron chi connectivity index (χ0n) is 13.3. The summed E-state index contributed by atoms with van der Waals surface area (Å²) in [5.74, 6) is 1.17. The number of nitrogens with one attached hydrogen (secondary N) is 1. The van der Waals surface area contributed by atoms with Crippen molar-refractivity contribution in [3.05, 3.63) is 59.4 Å². The largest absolute Gasteiger partial charge is 0.496 e. The molecule has 0 saturated carbocycles. The predicted molar refractivity (Wildman–Crippen MR) is 87.4 cm³/mol. The standard InChI is InChI=1S/C18H22N2O2/c1-13(2)14-7-8-17(22-3)15(12-14)9-11-20-18(21)16-6-4-5-10-19-16/h4-8,10,12-13H,9,11H2,1-3H3,(H,20,21). The van der Waals surface area contributed by atoms with Gasteiger partial charge in [0.05, 0.1) is 7.11 Å². The Labute approximate surface area is 131 Å². The van der Waals surface area contributed by atoms with Crippen molar-refractivity contribution in [2.75, 3.05) is 13.7 Å². The van der Waals surface area contributed by atoms with Gasteiger partial charge in [-0.15, -0.1) is 0 Å². The van der Waals surface area contributed by atoms with Gasteiger partial charge in [-0.2, -0.15) is 0 Å². The molecule has 4 heteroatoms. The van der Waals surface area contributed by atoms with Gasteiger partial charge in [-0.25, -0.2) is 0 Å². The van der Waals surface area contributed by atoms with Crippen molar-refractivity contribution < 1.29 is 9.53 Å². The van der Waals surface area contributed by atoms with E-state index in [2.05, 4.69) is 36.3 Å². The minimum absolute atomic E-state index is 0.153. The van der Waals surface area contributed by atoms with E-state index in [9.17, 15) is 4.79 Å². The molecule has 1 aromatic heterocycles. The van der Waals surface area contributed by atoms with Crippen molar-refractivity contribution in [1.29, 1.82) is 0 Å². The molecule has 0 aliphatic carbocycles. The molecule has 0 unspecified atom stereocenters. The Hall–Kier alpha value is -2.36. The van der Waals surface area contributed by atoms with Gasteiger partial charge < -0.3 is 10.1 Å². The molecule has 0 aliphatic heterocycles. The van der Waals surface area contributed by atoms with Crippen molar-refractivity contribution >= 4 is 5.91 Å². The molecular formula is C18H22N2O2. The monoisotopic (exact) mass is 298 g/mol. The Morgan fingerprint density at radius 2 is 2.09 bits per heavy atom. The first kappa shape index (κ1) is 16.0. The minimum atomic E-state index is -0.153. The highest BCUT2D eigenvalue weighted by atomic mass is 16.5. The Morgan fingerprint density at radius 3 is 2.73 bits per heavy atom. The summed E-state index contributed by atoms with van der Waals surface area (Å²) in [6, 6.07) is 11.5. The fourth-order valence-electron chi connectivity index (χ4n) is 2.25. The molecule has 1 aromatic carbocycles. The van der Waals surface area contributed by atoms with Crippen molar-refractivity contribution in [2.24, 2.45) is 0 Å². The molecule has 1 amide bonds. The van der Waals surface area contributed by atoms with Crippen LogP contribution in [0.1, 0.15) is 41.4 Å². The van der Waals surface area contributed by atoms with E-state index in [-0.39, 0.29) is 5.91 Å². The van der Waals surface area contributed by atoms with E-state index in [1.807, 2.05) is 6.07 Å². The van der Waals surface area contributed by atoms with E-state index >= 15 is 0 Å². The molecule has 0 bridgehead atoms. The zero-order valence-corrected chi connectivity index (χ0v) is 13.3. The molecule has 4 nitrogen and oxygen atoms in total. The SMILES string of the molecule is COc1ccc(C(C)C)cc1CCNC(=O)c1ccccn1. The molecule has 0 fully saturated rings. The van der Waals surface area contributed by atoms with Crippen LogP contribution in [0.3, 0.4) is 0 Å². The van der Waals surface area contributed by atoms with Crippen LogP contribution in [0.15, 0.2) is 42.6 Å². The third kappa shape index (κ3) is 4.07.